The summed E-state index contributed by atoms with van der Waals surface area (Å²) in [5, 5.41) is 8.08. The first-order valence-electron chi connectivity index (χ1n) is 5.82. The van der Waals surface area contributed by atoms with Crippen LogP contribution in [0.4, 0.5) is 0 Å². The lowest BCUT2D eigenvalue weighted by molar-refractivity contribution is -0.137. The Bertz CT molecular complexity index is 319. The SMILES string of the molecule is C=CC(=O)OCCCC(=C)C(=O)OC.OCC1CO1. The van der Waals surface area contributed by atoms with Crippen molar-refractivity contribution in [3.63, 3.8) is 0 Å². The lowest BCUT2D eigenvalue weighted by Gasteiger charge is -2.03. The van der Waals surface area contributed by atoms with Gasteiger partial charge in [-0.3, -0.25) is 0 Å². The quantitative estimate of drug-likeness (QED) is 0.316. The van der Waals surface area contributed by atoms with Gasteiger partial charge in [-0.1, -0.05) is 13.2 Å². The molecule has 6 heteroatoms. The van der Waals surface area contributed by atoms with Crippen LogP contribution in [0, 0.1) is 0 Å². The van der Waals surface area contributed by atoms with E-state index in [4.69, 9.17) is 9.84 Å². The van der Waals surface area contributed by atoms with Crippen molar-refractivity contribution in [1.82, 2.24) is 0 Å². The molecule has 1 rings (SSSR count). The number of rotatable bonds is 7. The van der Waals surface area contributed by atoms with Gasteiger partial charge in [-0.15, -0.1) is 0 Å². The van der Waals surface area contributed by atoms with Crippen LogP contribution in [0.3, 0.4) is 0 Å². The Kier molecular flexibility index (Phi) is 9.38. The minimum atomic E-state index is -0.464. The highest BCUT2D eigenvalue weighted by molar-refractivity contribution is 5.87. The van der Waals surface area contributed by atoms with E-state index >= 15 is 0 Å². The summed E-state index contributed by atoms with van der Waals surface area (Å²) in [5.74, 6) is -0.895. The Morgan fingerprint density at radius 3 is 2.53 bits per heavy atom. The van der Waals surface area contributed by atoms with Gasteiger partial charge in [0.1, 0.15) is 6.10 Å². The standard InChI is InChI=1S/C10H14O4.C3H6O2/c1-4-9(11)14-7-5-6-8(2)10(12)13-3;4-1-3-2-5-3/h4H,1-2,5-7H2,3H3;3-4H,1-2H2. The molecule has 1 unspecified atom stereocenters. The van der Waals surface area contributed by atoms with Crippen LogP contribution in [0.15, 0.2) is 24.8 Å². The number of carbonyl (C=O) groups is 2. The van der Waals surface area contributed by atoms with Gasteiger partial charge in [0.2, 0.25) is 0 Å². The molecule has 0 aliphatic carbocycles. The molecule has 1 atom stereocenters. The van der Waals surface area contributed by atoms with E-state index in [0.717, 1.165) is 12.7 Å². The summed E-state index contributed by atoms with van der Waals surface area (Å²) in [4.78, 5) is 21.4. The summed E-state index contributed by atoms with van der Waals surface area (Å²) in [6.45, 7) is 7.98. The molecule has 0 amide bonds. The van der Waals surface area contributed by atoms with Crippen molar-refractivity contribution in [2.45, 2.75) is 18.9 Å². The highest BCUT2D eigenvalue weighted by Gasteiger charge is 2.19. The first-order chi connectivity index (χ1) is 9.04. The van der Waals surface area contributed by atoms with Crippen molar-refractivity contribution in [2.75, 3.05) is 26.9 Å². The van der Waals surface area contributed by atoms with E-state index < -0.39 is 11.9 Å². The van der Waals surface area contributed by atoms with Crippen LogP contribution in [0.2, 0.25) is 0 Å². The topological polar surface area (TPSA) is 85.4 Å². The summed E-state index contributed by atoms with van der Waals surface area (Å²) in [6.07, 6.45) is 2.29. The first-order valence-corrected chi connectivity index (χ1v) is 5.82. The van der Waals surface area contributed by atoms with Gasteiger partial charge in [0, 0.05) is 11.6 Å². The fraction of sp³-hybridized carbons (Fsp3) is 0.538. The van der Waals surface area contributed by atoms with E-state index in [1.54, 1.807) is 0 Å². The molecule has 19 heavy (non-hydrogen) atoms. The summed E-state index contributed by atoms with van der Waals surface area (Å²) in [7, 11) is 1.30. The van der Waals surface area contributed by atoms with Crippen LogP contribution in [0.25, 0.3) is 0 Å². The second kappa shape index (κ2) is 10.3. The molecule has 0 spiro atoms. The highest BCUT2D eigenvalue weighted by Crippen LogP contribution is 2.05. The Balaban J connectivity index is 0.000000532. The van der Waals surface area contributed by atoms with Gasteiger partial charge in [-0.25, -0.2) is 9.59 Å². The number of aliphatic hydroxyl groups is 1. The summed E-state index contributed by atoms with van der Waals surface area (Å²) in [5.41, 5.74) is 0.377. The number of hydrogen-bond donors (Lipinski definition) is 1. The monoisotopic (exact) mass is 272 g/mol. The molecule has 1 saturated heterocycles. The number of carbonyl (C=O) groups excluding carboxylic acids is 2. The molecule has 0 bridgehead atoms. The van der Waals surface area contributed by atoms with Crippen molar-refractivity contribution in [3.05, 3.63) is 24.8 Å². The first kappa shape index (κ1) is 17.3. The van der Waals surface area contributed by atoms with Crippen LogP contribution in [0.1, 0.15) is 12.8 Å². The number of methoxy groups -OCH3 is 1. The van der Waals surface area contributed by atoms with Gasteiger partial charge >= 0.3 is 11.9 Å². The van der Waals surface area contributed by atoms with Gasteiger partial charge in [0.25, 0.3) is 0 Å². The van der Waals surface area contributed by atoms with Gasteiger partial charge in [-0.2, -0.15) is 0 Å². The molecule has 1 fully saturated rings. The molecule has 0 radical (unpaired) electrons. The smallest absolute Gasteiger partial charge is 0.333 e. The van der Waals surface area contributed by atoms with E-state index in [9.17, 15) is 9.59 Å². The number of hydrogen-bond acceptors (Lipinski definition) is 6. The lowest BCUT2D eigenvalue weighted by atomic mass is 10.2. The molecular weight excluding hydrogens is 252 g/mol. The number of ether oxygens (including phenoxy) is 3. The van der Waals surface area contributed by atoms with Crippen molar-refractivity contribution in [1.29, 1.82) is 0 Å². The zero-order valence-electron chi connectivity index (χ0n) is 11.1. The van der Waals surface area contributed by atoms with Crippen LogP contribution < -0.4 is 0 Å². The summed E-state index contributed by atoms with van der Waals surface area (Å²) in [6, 6.07) is 0. The maximum atomic E-state index is 10.9. The Hall–Kier alpha value is -1.66. The Morgan fingerprint density at radius 1 is 1.53 bits per heavy atom. The zero-order chi connectivity index (χ0) is 14.7. The van der Waals surface area contributed by atoms with Gasteiger partial charge in [-0.05, 0) is 12.8 Å². The third-order valence-electron chi connectivity index (χ3n) is 2.11. The van der Waals surface area contributed by atoms with Crippen LogP contribution in [-0.2, 0) is 23.8 Å². The molecule has 1 aliphatic heterocycles. The molecule has 0 aromatic carbocycles. The summed E-state index contributed by atoms with van der Waals surface area (Å²) < 4.78 is 13.8. The molecular formula is C13H20O6. The molecule has 6 nitrogen and oxygen atoms in total. The fourth-order valence-corrected chi connectivity index (χ4v) is 0.937. The Morgan fingerprint density at radius 2 is 2.16 bits per heavy atom. The fourth-order valence-electron chi connectivity index (χ4n) is 0.937. The minimum Gasteiger partial charge on any atom is -0.466 e. The lowest BCUT2D eigenvalue weighted by Crippen LogP contribution is -2.06. The molecule has 0 aromatic heterocycles. The second-order valence-electron chi connectivity index (χ2n) is 3.71. The molecule has 1 aliphatic rings. The maximum absolute atomic E-state index is 10.9. The predicted molar refractivity (Wildman–Crippen MR) is 68.4 cm³/mol. The third-order valence-corrected chi connectivity index (χ3v) is 2.11. The normalized spacial score (nSPS) is 15.6. The minimum absolute atomic E-state index is 0.190. The number of esters is 2. The number of aliphatic hydroxyl groups excluding tert-OH is 1. The molecule has 108 valence electrons. The molecule has 1 N–H and O–H groups in total. The summed E-state index contributed by atoms with van der Waals surface area (Å²) >= 11 is 0. The van der Waals surface area contributed by atoms with E-state index in [1.165, 1.54) is 7.11 Å². The van der Waals surface area contributed by atoms with Crippen molar-refractivity contribution >= 4 is 11.9 Å². The largest absolute Gasteiger partial charge is 0.466 e. The van der Waals surface area contributed by atoms with Crippen LogP contribution >= 0.6 is 0 Å². The average molecular weight is 272 g/mol. The van der Waals surface area contributed by atoms with Gasteiger partial charge < -0.3 is 19.3 Å². The van der Waals surface area contributed by atoms with Gasteiger partial charge in [0.05, 0.1) is 26.9 Å². The van der Waals surface area contributed by atoms with Crippen LogP contribution in [0.5, 0.6) is 0 Å². The molecule has 0 aromatic rings. The molecule has 1 heterocycles. The van der Waals surface area contributed by atoms with Gasteiger partial charge in [0.15, 0.2) is 0 Å². The third kappa shape index (κ3) is 9.99. The van der Waals surface area contributed by atoms with Crippen molar-refractivity contribution in [2.24, 2.45) is 0 Å². The second-order valence-corrected chi connectivity index (χ2v) is 3.71. The van der Waals surface area contributed by atoms with E-state index in [0.29, 0.717) is 18.4 Å². The zero-order valence-corrected chi connectivity index (χ0v) is 11.1. The van der Waals surface area contributed by atoms with E-state index in [-0.39, 0.29) is 19.3 Å². The average Bonchev–Trinajstić information content (AvgIpc) is 3.26. The van der Waals surface area contributed by atoms with E-state index in [1.807, 2.05) is 0 Å². The number of epoxide rings is 1. The Labute approximate surface area is 112 Å². The van der Waals surface area contributed by atoms with E-state index in [2.05, 4.69) is 22.6 Å². The van der Waals surface area contributed by atoms with Crippen molar-refractivity contribution in [3.8, 4) is 0 Å². The molecule has 0 saturated carbocycles. The van der Waals surface area contributed by atoms with Crippen molar-refractivity contribution < 1.29 is 28.9 Å². The maximum Gasteiger partial charge on any atom is 0.333 e. The predicted octanol–water partition coefficient (Wildman–Crippen LogP) is 0.602. The van der Waals surface area contributed by atoms with Crippen LogP contribution in [-0.4, -0.2) is 50.1 Å². The highest BCUT2D eigenvalue weighted by atomic mass is 16.6.